The van der Waals surface area contributed by atoms with Gasteiger partial charge in [-0.1, -0.05) is 92.3 Å². The highest BCUT2D eigenvalue weighted by molar-refractivity contribution is 7.66. The van der Waals surface area contributed by atoms with E-state index in [4.69, 9.17) is 0 Å². The van der Waals surface area contributed by atoms with Gasteiger partial charge < -0.3 is 0 Å². The Labute approximate surface area is 152 Å². The Morgan fingerprint density at radius 2 is 1.20 bits per heavy atom. The average molecular weight is 344 g/mol. The summed E-state index contributed by atoms with van der Waals surface area (Å²) in [5.74, 6) is 0. The van der Waals surface area contributed by atoms with Crippen LogP contribution in [0.2, 0.25) is 0 Å². The van der Waals surface area contributed by atoms with Crippen LogP contribution in [0.15, 0.2) is 78.9 Å². The van der Waals surface area contributed by atoms with Crippen LogP contribution in [0, 0.1) is 13.8 Å². The second kappa shape index (κ2) is 7.14. The second-order valence-electron chi connectivity index (χ2n) is 7.13. The van der Waals surface area contributed by atoms with Gasteiger partial charge in [0.05, 0.1) is 0 Å². The molecule has 1 aliphatic heterocycles. The fourth-order valence-corrected chi connectivity index (χ4v) is 7.91. The Kier molecular flexibility index (Phi) is 4.73. The molecule has 1 saturated heterocycles. The largest absolute Gasteiger partial charge is 0.0622 e. The zero-order valence-corrected chi connectivity index (χ0v) is 15.9. The molecule has 1 fully saturated rings. The first-order valence-electron chi connectivity index (χ1n) is 9.19. The summed E-state index contributed by atoms with van der Waals surface area (Å²) in [5.41, 5.74) is 7.21. The molecule has 4 rings (SSSR count). The predicted octanol–water partition coefficient (Wildman–Crippen LogP) is 6.69. The van der Waals surface area contributed by atoms with Crippen molar-refractivity contribution in [3.8, 4) is 0 Å². The standard InChI is InChI=1S/C24H25P/c1-18-13-14-22(19(2)17-18)25-23(20-9-5-3-6-10-20)15-16-24(25)21-11-7-4-8-12-21/h3-14,17,23-24H,15-16H2,1-2H3. The van der Waals surface area contributed by atoms with E-state index >= 15 is 0 Å². The number of hydrogen-bond acceptors (Lipinski definition) is 0. The quantitative estimate of drug-likeness (QED) is 0.464. The smallest absolute Gasteiger partial charge is 0.00878 e. The van der Waals surface area contributed by atoms with Crippen LogP contribution in [0.5, 0.6) is 0 Å². The molecule has 3 aromatic carbocycles. The molecule has 0 nitrogen and oxygen atoms in total. The van der Waals surface area contributed by atoms with Crippen molar-refractivity contribution in [2.24, 2.45) is 0 Å². The lowest BCUT2D eigenvalue weighted by molar-refractivity contribution is 0.765. The molecule has 2 unspecified atom stereocenters. The summed E-state index contributed by atoms with van der Waals surface area (Å²) >= 11 is 0. The Morgan fingerprint density at radius 1 is 0.680 bits per heavy atom. The summed E-state index contributed by atoms with van der Waals surface area (Å²) in [5, 5.41) is 1.60. The molecule has 3 aromatic rings. The third kappa shape index (κ3) is 3.29. The summed E-state index contributed by atoms with van der Waals surface area (Å²) in [4.78, 5) is 0. The minimum atomic E-state index is -0.253. The summed E-state index contributed by atoms with van der Waals surface area (Å²) in [6.45, 7) is 4.50. The molecule has 25 heavy (non-hydrogen) atoms. The van der Waals surface area contributed by atoms with E-state index in [1.165, 1.54) is 35.1 Å². The Bertz CT molecular complexity index is 791. The first-order valence-corrected chi connectivity index (χ1v) is 10.7. The van der Waals surface area contributed by atoms with Crippen LogP contribution in [-0.4, -0.2) is 0 Å². The maximum Gasteiger partial charge on any atom is 0.00878 e. The molecule has 1 heteroatoms. The van der Waals surface area contributed by atoms with Gasteiger partial charge in [-0.05, 0) is 48.7 Å². The van der Waals surface area contributed by atoms with E-state index in [0.717, 1.165) is 0 Å². The topological polar surface area (TPSA) is 0 Å². The lowest BCUT2D eigenvalue weighted by atomic mass is 10.0. The van der Waals surface area contributed by atoms with Crippen molar-refractivity contribution >= 4 is 13.2 Å². The summed E-state index contributed by atoms with van der Waals surface area (Å²) < 4.78 is 0. The minimum absolute atomic E-state index is 0.253. The number of rotatable bonds is 3. The van der Waals surface area contributed by atoms with E-state index in [9.17, 15) is 0 Å². The third-order valence-electron chi connectivity index (χ3n) is 5.38. The lowest BCUT2D eigenvalue weighted by Crippen LogP contribution is -2.11. The van der Waals surface area contributed by atoms with Gasteiger partial charge in [0.2, 0.25) is 0 Å². The minimum Gasteiger partial charge on any atom is -0.0622 e. The zero-order chi connectivity index (χ0) is 17.2. The van der Waals surface area contributed by atoms with Crippen molar-refractivity contribution in [2.45, 2.75) is 38.0 Å². The maximum absolute atomic E-state index is 2.41. The van der Waals surface area contributed by atoms with E-state index in [2.05, 4.69) is 92.7 Å². The summed E-state index contributed by atoms with van der Waals surface area (Å²) in [7, 11) is -0.253. The zero-order valence-electron chi connectivity index (χ0n) is 15.0. The molecule has 0 radical (unpaired) electrons. The van der Waals surface area contributed by atoms with Gasteiger partial charge >= 0.3 is 0 Å². The predicted molar refractivity (Wildman–Crippen MR) is 110 cm³/mol. The van der Waals surface area contributed by atoms with Crippen molar-refractivity contribution in [1.82, 2.24) is 0 Å². The Hall–Kier alpha value is -1.91. The van der Waals surface area contributed by atoms with Crippen molar-refractivity contribution in [3.05, 3.63) is 101 Å². The number of aryl methyl sites for hydroxylation is 2. The Morgan fingerprint density at radius 3 is 1.68 bits per heavy atom. The highest BCUT2D eigenvalue weighted by Crippen LogP contribution is 2.69. The summed E-state index contributed by atoms with van der Waals surface area (Å²) in [6, 6.07) is 29.4. The highest BCUT2D eigenvalue weighted by atomic mass is 31.1. The Balaban J connectivity index is 1.81. The average Bonchev–Trinajstić information content (AvgIpc) is 3.08. The van der Waals surface area contributed by atoms with Crippen LogP contribution in [0.1, 0.15) is 46.4 Å². The molecular weight excluding hydrogens is 319 g/mol. The first-order chi connectivity index (χ1) is 12.2. The van der Waals surface area contributed by atoms with Crippen molar-refractivity contribution < 1.29 is 0 Å². The van der Waals surface area contributed by atoms with Gasteiger partial charge in [-0.2, -0.15) is 0 Å². The van der Waals surface area contributed by atoms with Crippen molar-refractivity contribution in [1.29, 1.82) is 0 Å². The fourth-order valence-electron chi connectivity index (χ4n) is 4.25. The van der Waals surface area contributed by atoms with Gasteiger partial charge in [0.1, 0.15) is 0 Å². The van der Waals surface area contributed by atoms with E-state index < -0.39 is 0 Å². The molecule has 0 aliphatic carbocycles. The molecule has 2 atom stereocenters. The molecule has 0 aromatic heterocycles. The molecule has 1 heterocycles. The first kappa shape index (κ1) is 16.6. The highest BCUT2D eigenvalue weighted by Gasteiger charge is 2.38. The van der Waals surface area contributed by atoms with E-state index in [-0.39, 0.29) is 7.92 Å². The molecule has 0 amide bonds. The van der Waals surface area contributed by atoms with Crippen molar-refractivity contribution in [2.75, 3.05) is 0 Å². The van der Waals surface area contributed by atoms with E-state index in [0.29, 0.717) is 11.3 Å². The van der Waals surface area contributed by atoms with Gasteiger partial charge in [0.15, 0.2) is 0 Å². The molecule has 0 spiro atoms. The number of hydrogen-bond donors (Lipinski definition) is 0. The van der Waals surface area contributed by atoms with Gasteiger partial charge in [0, 0.05) is 11.3 Å². The van der Waals surface area contributed by atoms with Crippen molar-refractivity contribution in [3.63, 3.8) is 0 Å². The van der Waals surface area contributed by atoms with E-state index in [1.807, 2.05) is 0 Å². The van der Waals surface area contributed by atoms with E-state index in [1.54, 1.807) is 5.30 Å². The van der Waals surface area contributed by atoms with Crippen LogP contribution in [0.4, 0.5) is 0 Å². The molecule has 126 valence electrons. The molecular formula is C24H25P. The fraction of sp³-hybridized carbons (Fsp3) is 0.250. The van der Waals surface area contributed by atoms with Crippen LogP contribution in [0.3, 0.4) is 0 Å². The molecule has 0 bridgehead atoms. The number of benzene rings is 3. The van der Waals surface area contributed by atoms with Crippen LogP contribution < -0.4 is 5.30 Å². The van der Waals surface area contributed by atoms with Gasteiger partial charge in [0.25, 0.3) is 0 Å². The normalized spacial score (nSPS) is 22.9. The van der Waals surface area contributed by atoms with Gasteiger partial charge in [-0.3, -0.25) is 0 Å². The monoisotopic (exact) mass is 344 g/mol. The SMILES string of the molecule is Cc1ccc(P2C(c3ccccc3)CCC2c2ccccc2)c(C)c1. The van der Waals surface area contributed by atoms with Crippen LogP contribution in [-0.2, 0) is 0 Å². The lowest BCUT2D eigenvalue weighted by Gasteiger charge is -2.28. The molecule has 0 N–H and O–H groups in total. The third-order valence-corrected chi connectivity index (χ3v) is 8.90. The van der Waals surface area contributed by atoms with Crippen LogP contribution in [0.25, 0.3) is 0 Å². The van der Waals surface area contributed by atoms with Crippen LogP contribution >= 0.6 is 7.92 Å². The maximum atomic E-state index is 2.41. The van der Waals surface area contributed by atoms with Gasteiger partial charge in [-0.15, -0.1) is 0 Å². The second-order valence-corrected chi connectivity index (χ2v) is 9.67. The van der Waals surface area contributed by atoms with Gasteiger partial charge in [-0.25, -0.2) is 0 Å². The summed E-state index contributed by atoms with van der Waals surface area (Å²) in [6.07, 6.45) is 2.59. The molecule has 1 aliphatic rings. The molecule has 0 saturated carbocycles.